The molecule has 1 aliphatic rings. The van der Waals surface area contributed by atoms with Crippen LogP contribution in [-0.2, 0) is 9.59 Å². The Morgan fingerprint density at radius 1 is 1.45 bits per heavy atom. The molecule has 0 spiro atoms. The predicted molar refractivity (Wildman–Crippen MR) is 75.2 cm³/mol. The molecule has 0 bridgehead atoms. The van der Waals surface area contributed by atoms with Gasteiger partial charge in [0.05, 0.1) is 6.54 Å². The molecule has 0 atom stereocenters. The Morgan fingerprint density at radius 2 is 2.05 bits per heavy atom. The van der Waals surface area contributed by atoms with Crippen LogP contribution in [0.25, 0.3) is 0 Å². The van der Waals surface area contributed by atoms with Crippen molar-refractivity contribution in [1.29, 1.82) is 0 Å². The topological polar surface area (TPSA) is 108 Å². The minimum atomic E-state index is -0.929. The van der Waals surface area contributed by atoms with Gasteiger partial charge in [0, 0.05) is 13.6 Å². The number of hydrogen-bond donors (Lipinski definition) is 3. The van der Waals surface area contributed by atoms with Crippen LogP contribution in [0.5, 0.6) is 0 Å². The van der Waals surface area contributed by atoms with Crippen LogP contribution in [-0.4, -0.2) is 47.9 Å². The number of rotatable bonds is 6. The number of nitrogens with one attached hydrogen (secondary N) is 1. The Balaban J connectivity index is 2.60. The van der Waals surface area contributed by atoms with Crippen LogP contribution in [0.15, 0.2) is 5.16 Å². The van der Waals surface area contributed by atoms with Crippen molar-refractivity contribution in [3.8, 4) is 0 Å². The van der Waals surface area contributed by atoms with Gasteiger partial charge in [0.25, 0.3) is 0 Å². The first-order valence-corrected chi connectivity index (χ1v) is 6.83. The highest BCUT2D eigenvalue weighted by Crippen LogP contribution is 2.42. The van der Waals surface area contributed by atoms with Crippen molar-refractivity contribution in [2.24, 2.45) is 22.2 Å². The molecular weight excluding hydrogens is 260 g/mol. The standard InChI is InChI=1S/C13H24N4O3/c1-9(2)7-15-10(18)8-17(3)12(19)13(5-4-6-13)11(14)16-20/h9,20H,4-8H2,1-3H3,(H2,14,16)(H,15,18). The van der Waals surface area contributed by atoms with E-state index >= 15 is 0 Å². The Hall–Kier alpha value is -1.79. The van der Waals surface area contributed by atoms with Gasteiger partial charge in [-0.25, -0.2) is 0 Å². The molecule has 114 valence electrons. The molecule has 0 unspecified atom stereocenters. The smallest absolute Gasteiger partial charge is 0.239 e. The second-order valence-electron chi connectivity index (χ2n) is 5.78. The van der Waals surface area contributed by atoms with Gasteiger partial charge in [0.2, 0.25) is 11.8 Å². The second-order valence-corrected chi connectivity index (χ2v) is 5.78. The van der Waals surface area contributed by atoms with Crippen LogP contribution in [0, 0.1) is 11.3 Å². The second kappa shape index (κ2) is 6.58. The molecule has 0 saturated heterocycles. The number of oxime groups is 1. The summed E-state index contributed by atoms with van der Waals surface area (Å²) in [7, 11) is 1.56. The molecule has 1 fully saturated rings. The number of carbonyl (C=O) groups excluding carboxylic acids is 2. The average molecular weight is 284 g/mol. The minimum Gasteiger partial charge on any atom is -0.409 e. The lowest BCUT2D eigenvalue weighted by Gasteiger charge is -2.41. The van der Waals surface area contributed by atoms with E-state index < -0.39 is 5.41 Å². The molecule has 1 saturated carbocycles. The third-order valence-electron chi connectivity index (χ3n) is 3.65. The van der Waals surface area contributed by atoms with Gasteiger partial charge in [0.1, 0.15) is 5.41 Å². The normalized spacial score (nSPS) is 17.5. The summed E-state index contributed by atoms with van der Waals surface area (Å²) in [6, 6.07) is 0. The van der Waals surface area contributed by atoms with Crippen LogP contribution in [0.1, 0.15) is 33.1 Å². The number of carbonyl (C=O) groups is 2. The average Bonchev–Trinajstić information content (AvgIpc) is 2.34. The first-order chi connectivity index (χ1) is 9.33. The zero-order valence-corrected chi connectivity index (χ0v) is 12.3. The van der Waals surface area contributed by atoms with Crippen LogP contribution in [0.2, 0.25) is 0 Å². The van der Waals surface area contributed by atoms with Crippen LogP contribution in [0.3, 0.4) is 0 Å². The summed E-state index contributed by atoms with van der Waals surface area (Å²) in [4.78, 5) is 25.5. The van der Waals surface area contributed by atoms with Crippen LogP contribution >= 0.6 is 0 Å². The molecule has 7 heteroatoms. The van der Waals surface area contributed by atoms with E-state index in [1.165, 1.54) is 4.90 Å². The van der Waals surface area contributed by atoms with E-state index in [1.807, 2.05) is 13.8 Å². The first-order valence-electron chi connectivity index (χ1n) is 6.83. The Labute approximate surface area is 119 Å². The van der Waals surface area contributed by atoms with Crippen LogP contribution in [0.4, 0.5) is 0 Å². The maximum absolute atomic E-state index is 12.4. The van der Waals surface area contributed by atoms with E-state index in [9.17, 15) is 9.59 Å². The predicted octanol–water partition coefficient (Wildman–Crippen LogP) is 0.134. The number of nitrogens with zero attached hydrogens (tertiary/aromatic N) is 2. The fourth-order valence-corrected chi connectivity index (χ4v) is 2.23. The van der Waals surface area contributed by atoms with E-state index in [-0.39, 0.29) is 24.2 Å². The molecule has 4 N–H and O–H groups in total. The molecule has 0 heterocycles. The molecule has 1 rings (SSSR count). The van der Waals surface area contributed by atoms with Crippen molar-refractivity contribution in [3.63, 3.8) is 0 Å². The summed E-state index contributed by atoms with van der Waals surface area (Å²) in [5, 5.41) is 14.5. The number of nitrogens with two attached hydrogens (primary N) is 1. The van der Waals surface area contributed by atoms with E-state index in [0.717, 1.165) is 6.42 Å². The summed E-state index contributed by atoms with van der Waals surface area (Å²) >= 11 is 0. The molecule has 0 aromatic heterocycles. The molecule has 1 aliphatic carbocycles. The molecule has 20 heavy (non-hydrogen) atoms. The lowest BCUT2D eigenvalue weighted by atomic mass is 9.67. The van der Waals surface area contributed by atoms with Crippen molar-refractivity contribution in [1.82, 2.24) is 10.2 Å². The summed E-state index contributed by atoms with van der Waals surface area (Å²) in [6.45, 7) is 4.55. The quantitative estimate of drug-likeness (QED) is 0.279. The Kier molecular flexibility index (Phi) is 5.35. The molecular formula is C13H24N4O3. The third-order valence-corrected chi connectivity index (χ3v) is 3.65. The van der Waals surface area contributed by atoms with Gasteiger partial charge in [-0.05, 0) is 18.8 Å². The number of hydrogen-bond acceptors (Lipinski definition) is 4. The van der Waals surface area contributed by atoms with E-state index in [1.54, 1.807) is 7.05 Å². The number of amidine groups is 1. The van der Waals surface area contributed by atoms with Gasteiger partial charge in [0.15, 0.2) is 5.84 Å². The third kappa shape index (κ3) is 3.40. The van der Waals surface area contributed by atoms with E-state index in [2.05, 4.69) is 10.5 Å². The Bertz CT molecular complexity index is 402. The lowest BCUT2D eigenvalue weighted by Crippen LogP contribution is -2.55. The number of amides is 2. The largest absolute Gasteiger partial charge is 0.409 e. The zero-order chi connectivity index (χ0) is 15.3. The molecule has 0 aliphatic heterocycles. The Morgan fingerprint density at radius 3 is 2.45 bits per heavy atom. The van der Waals surface area contributed by atoms with Gasteiger partial charge < -0.3 is 21.2 Å². The summed E-state index contributed by atoms with van der Waals surface area (Å²) in [5.74, 6) is -0.180. The maximum atomic E-state index is 12.4. The maximum Gasteiger partial charge on any atom is 0.239 e. The number of likely N-dealkylation sites (N-methyl/N-ethyl adjacent to an activating group) is 1. The summed E-state index contributed by atoms with van der Waals surface area (Å²) < 4.78 is 0. The van der Waals surface area contributed by atoms with Crippen molar-refractivity contribution in [2.45, 2.75) is 33.1 Å². The molecule has 0 radical (unpaired) electrons. The van der Waals surface area contributed by atoms with Crippen LogP contribution < -0.4 is 11.1 Å². The van der Waals surface area contributed by atoms with E-state index in [4.69, 9.17) is 10.9 Å². The fraction of sp³-hybridized carbons (Fsp3) is 0.769. The highest BCUT2D eigenvalue weighted by molar-refractivity contribution is 6.08. The molecule has 0 aromatic rings. The van der Waals surface area contributed by atoms with Crippen molar-refractivity contribution in [2.75, 3.05) is 20.1 Å². The van der Waals surface area contributed by atoms with Gasteiger partial charge in [-0.2, -0.15) is 0 Å². The zero-order valence-electron chi connectivity index (χ0n) is 12.3. The monoisotopic (exact) mass is 284 g/mol. The highest BCUT2D eigenvalue weighted by atomic mass is 16.4. The van der Waals surface area contributed by atoms with Gasteiger partial charge >= 0.3 is 0 Å². The van der Waals surface area contributed by atoms with E-state index in [0.29, 0.717) is 25.3 Å². The van der Waals surface area contributed by atoms with Crippen molar-refractivity contribution in [3.05, 3.63) is 0 Å². The summed E-state index contributed by atoms with van der Waals surface area (Å²) in [5.41, 5.74) is 4.70. The fourth-order valence-electron chi connectivity index (χ4n) is 2.23. The highest BCUT2D eigenvalue weighted by Gasteiger charge is 2.49. The molecule has 0 aromatic carbocycles. The minimum absolute atomic E-state index is 0.0218. The summed E-state index contributed by atoms with van der Waals surface area (Å²) in [6.07, 6.45) is 1.97. The lowest BCUT2D eigenvalue weighted by molar-refractivity contribution is -0.143. The van der Waals surface area contributed by atoms with Crippen molar-refractivity contribution < 1.29 is 14.8 Å². The molecule has 2 amide bonds. The van der Waals surface area contributed by atoms with Crippen molar-refractivity contribution >= 4 is 17.6 Å². The van der Waals surface area contributed by atoms with Gasteiger partial charge in [-0.15, -0.1) is 0 Å². The first kappa shape index (κ1) is 16.3. The van der Waals surface area contributed by atoms with Gasteiger partial charge in [-0.3, -0.25) is 9.59 Å². The molecule has 7 nitrogen and oxygen atoms in total. The SMILES string of the molecule is CC(C)CNC(=O)CN(C)C(=O)C1(C(N)=NO)CCC1. The van der Waals surface area contributed by atoms with Gasteiger partial charge in [-0.1, -0.05) is 25.4 Å².